The molecule has 0 aliphatic rings. The molecule has 0 atom stereocenters. The summed E-state index contributed by atoms with van der Waals surface area (Å²) < 4.78 is 176. The maximum absolute atomic E-state index is 13.0. The molecule has 32 nitrogen and oxygen atoms in total. The van der Waals surface area contributed by atoms with Gasteiger partial charge in [-0.25, -0.2) is 4.79 Å². The highest BCUT2D eigenvalue weighted by molar-refractivity contribution is 7.87. The average molecular weight is 1150 g/mol. The number of phenols is 3. The molecule has 0 spiro atoms. The lowest BCUT2D eigenvalue weighted by atomic mass is 10.1. The first-order valence-electron chi connectivity index (χ1n) is 19.6. The van der Waals surface area contributed by atoms with Crippen molar-refractivity contribution < 1.29 is 95.0 Å². The van der Waals surface area contributed by atoms with Crippen LogP contribution in [-0.4, -0.2) is 96.2 Å². The van der Waals surface area contributed by atoms with Crippen molar-refractivity contribution in [3.63, 3.8) is 0 Å². The third kappa shape index (κ3) is 11.3. The molecule has 394 valence electrons. The Balaban J connectivity index is 1.33. The molecule has 0 heterocycles. The van der Waals surface area contributed by atoms with Gasteiger partial charge in [-0.15, -0.1) is 30.7 Å². The van der Waals surface area contributed by atoms with Crippen LogP contribution >= 0.6 is 0 Å². The standard InChI is InChI=1S/C39H26N10O22S5/c40-34-27(15-29(72(57,58)59)20-5-8-25(37(52)33(20)34)45-44-24-7-3-18(49(55)56)13-31(24)74(63,64)65)47-46-26-9-4-19-21(38(26)76(69,70)71)14-32(75(66,67)68)35(36(19)51)48-42-17-1-6-23(30(12-17)73(60,61)62)43-41-16-2-10-28(50)22(11-16)39(53)54/h1-15,50-52H,40H2,(H,53,54)(H,57,58,59)(H,60,61,62)(H,63,64,65)(H,66,67,68)(H,69,70,71). The molecule has 0 saturated carbocycles. The minimum atomic E-state index is -5.65. The van der Waals surface area contributed by atoms with Crippen LogP contribution in [0.5, 0.6) is 17.2 Å². The van der Waals surface area contributed by atoms with E-state index in [1.165, 1.54) is 0 Å². The van der Waals surface area contributed by atoms with Crippen molar-refractivity contribution in [1.29, 1.82) is 0 Å². The van der Waals surface area contributed by atoms with Crippen LogP contribution in [0.1, 0.15) is 10.4 Å². The number of nitrogens with two attached hydrogens (primary N) is 1. The number of aromatic carboxylic acids is 1. The predicted octanol–water partition coefficient (Wildman–Crippen LogP) is 8.19. The lowest BCUT2D eigenvalue weighted by molar-refractivity contribution is -0.385. The van der Waals surface area contributed by atoms with E-state index in [2.05, 4.69) is 40.9 Å². The first-order valence-corrected chi connectivity index (χ1v) is 26.8. The van der Waals surface area contributed by atoms with E-state index in [4.69, 9.17) is 5.73 Å². The molecular formula is C39H26N10O22S5. The number of carboxylic acid groups (broad SMARTS) is 1. The lowest BCUT2D eigenvalue weighted by Crippen LogP contribution is -2.03. The Morgan fingerprint density at radius 1 is 0.474 bits per heavy atom. The van der Waals surface area contributed by atoms with Gasteiger partial charge >= 0.3 is 5.97 Å². The predicted molar refractivity (Wildman–Crippen MR) is 256 cm³/mol. The number of hydrogen-bond donors (Lipinski definition) is 10. The second-order valence-corrected chi connectivity index (χ2v) is 21.9. The van der Waals surface area contributed by atoms with Gasteiger partial charge in [0.05, 0.1) is 27.4 Å². The van der Waals surface area contributed by atoms with Gasteiger partial charge in [-0.1, -0.05) is 6.07 Å². The van der Waals surface area contributed by atoms with Crippen LogP contribution in [-0.2, 0) is 50.6 Å². The second-order valence-electron chi connectivity index (χ2n) is 15.0. The summed E-state index contributed by atoms with van der Waals surface area (Å²) in [5.41, 5.74) is -1.36. The van der Waals surface area contributed by atoms with E-state index >= 15 is 0 Å². The van der Waals surface area contributed by atoms with Crippen molar-refractivity contribution in [2.24, 2.45) is 40.9 Å². The SMILES string of the molecule is Nc1c(N=Nc2ccc3c(O)c(N=Nc4ccc(N=Nc5ccc(O)c(C(=O)O)c5)c(S(=O)(=O)O)c4)c(S(=O)(=O)O)cc3c2S(=O)(=O)O)cc(S(=O)(=O)O)c2ccc(N=Nc3ccc([N+](=O)[O-])cc3S(=O)(=O)O)c(O)c12. The number of aromatic hydroxyl groups is 3. The monoisotopic (exact) mass is 1150 g/mol. The van der Waals surface area contributed by atoms with E-state index in [0.29, 0.717) is 24.3 Å². The van der Waals surface area contributed by atoms with Gasteiger partial charge < -0.3 is 26.2 Å². The molecule has 0 aliphatic heterocycles. The number of fused-ring (bicyclic) bond motifs is 2. The zero-order valence-corrected chi connectivity index (χ0v) is 40.7. The number of nitro groups is 1. The van der Waals surface area contributed by atoms with Crippen LogP contribution in [0.4, 0.5) is 56.9 Å². The van der Waals surface area contributed by atoms with E-state index in [9.17, 15) is 100 Å². The number of azo groups is 4. The van der Waals surface area contributed by atoms with Crippen molar-refractivity contribution in [3.05, 3.63) is 107 Å². The molecule has 0 aliphatic carbocycles. The highest BCUT2D eigenvalue weighted by atomic mass is 32.2. The van der Waals surface area contributed by atoms with Gasteiger partial charge in [0.1, 0.15) is 69.9 Å². The van der Waals surface area contributed by atoms with Crippen LogP contribution in [0.25, 0.3) is 21.5 Å². The summed E-state index contributed by atoms with van der Waals surface area (Å²) in [4.78, 5) is 15.7. The minimum Gasteiger partial charge on any atom is -0.507 e. The zero-order chi connectivity index (χ0) is 56.2. The molecule has 0 fully saturated rings. The normalized spacial score (nSPS) is 13.0. The molecule has 7 aromatic rings. The fourth-order valence-corrected chi connectivity index (χ4v) is 10.3. The fourth-order valence-electron chi connectivity index (χ4n) is 6.82. The van der Waals surface area contributed by atoms with Crippen molar-refractivity contribution in [2.75, 3.05) is 5.73 Å². The fraction of sp³-hybridized carbons (Fsp3) is 0. The quantitative estimate of drug-likeness (QED) is 0.0152. The number of rotatable bonds is 15. The Bertz CT molecular complexity index is 4440. The van der Waals surface area contributed by atoms with E-state index in [-0.39, 0.29) is 5.69 Å². The lowest BCUT2D eigenvalue weighted by Gasteiger charge is -2.13. The summed E-state index contributed by atoms with van der Waals surface area (Å²) in [6, 6.07) is 11.7. The second kappa shape index (κ2) is 19.7. The molecule has 0 aromatic heterocycles. The molecule has 37 heteroatoms. The van der Waals surface area contributed by atoms with Gasteiger partial charge in [0.15, 0.2) is 11.5 Å². The minimum absolute atomic E-state index is 0.201. The molecule has 76 heavy (non-hydrogen) atoms. The van der Waals surface area contributed by atoms with Crippen LogP contribution in [0.2, 0.25) is 0 Å². The maximum Gasteiger partial charge on any atom is 0.339 e. The van der Waals surface area contributed by atoms with Crippen LogP contribution in [0.3, 0.4) is 0 Å². The number of nitrogens with zero attached hydrogens (tertiary/aromatic N) is 9. The largest absolute Gasteiger partial charge is 0.507 e. The Morgan fingerprint density at radius 2 is 0.961 bits per heavy atom. The molecule has 0 amide bonds. The number of carboxylic acids is 1. The first kappa shape index (κ1) is 54.8. The number of anilines is 1. The van der Waals surface area contributed by atoms with Crippen LogP contribution < -0.4 is 5.73 Å². The molecule has 0 unspecified atom stereocenters. The summed E-state index contributed by atoms with van der Waals surface area (Å²) >= 11 is 0. The summed E-state index contributed by atoms with van der Waals surface area (Å²) in [5, 5.41) is 79.2. The number of hydrogen-bond acceptors (Lipinski definition) is 25. The Hall–Kier alpha value is -8.92. The molecule has 7 rings (SSSR count). The van der Waals surface area contributed by atoms with Crippen molar-refractivity contribution in [2.45, 2.75) is 24.5 Å². The van der Waals surface area contributed by atoms with Crippen molar-refractivity contribution in [3.8, 4) is 17.2 Å². The van der Waals surface area contributed by atoms with Gasteiger partial charge in [-0.3, -0.25) is 32.9 Å². The molecular weight excluding hydrogens is 1120 g/mol. The molecule has 0 radical (unpaired) electrons. The molecule has 0 saturated heterocycles. The smallest absolute Gasteiger partial charge is 0.339 e. The number of benzene rings is 7. The van der Waals surface area contributed by atoms with E-state index in [1.807, 2.05) is 0 Å². The van der Waals surface area contributed by atoms with Gasteiger partial charge in [-0.2, -0.15) is 52.3 Å². The number of carbonyl (C=O) groups is 1. The number of non-ortho nitro benzene ring substituents is 1. The number of nitrogen functional groups attached to an aromatic ring is 1. The Labute approximate surface area is 423 Å². The molecule has 0 bridgehead atoms. The van der Waals surface area contributed by atoms with E-state index in [0.717, 1.165) is 66.7 Å². The Kier molecular flexibility index (Phi) is 14.2. The molecule has 7 aromatic carbocycles. The number of nitro benzene ring substituents is 1. The van der Waals surface area contributed by atoms with E-state index in [1.54, 1.807) is 0 Å². The van der Waals surface area contributed by atoms with Crippen LogP contribution in [0.15, 0.2) is 156 Å². The summed E-state index contributed by atoms with van der Waals surface area (Å²) in [7, 11) is -26.9. The zero-order valence-electron chi connectivity index (χ0n) is 36.6. The highest BCUT2D eigenvalue weighted by Crippen LogP contribution is 2.48. The summed E-state index contributed by atoms with van der Waals surface area (Å²) in [5.74, 6) is -4.51. The summed E-state index contributed by atoms with van der Waals surface area (Å²) in [6.45, 7) is 0. The highest BCUT2D eigenvalue weighted by Gasteiger charge is 2.29. The third-order valence-electron chi connectivity index (χ3n) is 10.1. The van der Waals surface area contributed by atoms with Gasteiger partial charge in [0, 0.05) is 28.3 Å². The summed E-state index contributed by atoms with van der Waals surface area (Å²) in [6.07, 6.45) is 0. The van der Waals surface area contributed by atoms with Gasteiger partial charge in [0.2, 0.25) is 0 Å². The van der Waals surface area contributed by atoms with Gasteiger partial charge in [-0.05, 0) is 72.8 Å². The topological polar surface area (TPSA) is 538 Å². The first-order chi connectivity index (χ1) is 35.2. The van der Waals surface area contributed by atoms with Crippen molar-refractivity contribution >= 4 is 135 Å². The molecule has 11 N–H and O–H groups in total. The van der Waals surface area contributed by atoms with Crippen LogP contribution in [0, 0.1) is 10.1 Å². The number of phenolic OH excluding ortho intramolecular Hbond substituents is 2. The van der Waals surface area contributed by atoms with Crippen molar-refractivity contribution in [1.82, 2.24) is 0 Å². The average Bonchev–Trinajstić information content (AvgIpc) is 3.30. The van der Waals surface area contributed by atoms with E-state index < -0.39 is 182 Å². The maximum atomic E-state index is 13.0. The third-order valence-corrected chi connectivity index (χ3v) is 14.6. The Morgan fingerprint density at radius 3 is 1.55 bits per heavy atom. The van der Waals surface area contributed by atoms with Gasteiger partial charge in [0.25, 0.3) is 56.3 Å².